The molecule has 1 N–H and O–H groups in total. The third-order valence-corrected chi connectivity index (χ3v) is 3.34. The van der Waals surface area contributed by atoms with Crippen LogP contribution in [0.15, 0.2) is 48.5 Å². The zero-order chi connectivity index (χ0) is 16.8. The van der Waals surface area contributed by atoms with E-state index in [1.54, 1.807) is 12.1 Å². The summed E-state index contributed by atoms with van der Waals surface area (Å²) in [7, 11) is 0. The van der Waals surface area contributed by atoms with E-state index in [1.165, 1.54) is 13.0 Å². The fourth-order valence-corrected chi connectivity index (χ4v) is 2.44. The highest BCUT2D eigenvalue weighted by molar-refractivity contribution is 5.73. The summed E-state index contributed by atoms with van der Waals surface area (Å²) in [5.74, 6) is 0.0887. The second-order valence-electron chi connectivity index (χ2n) is 5.41. The molecule has 0 radical (unpaired) electrons. The molecule has 2 aromatic carbocycles. The van der Waals surface area contributed by atoms with Gasteiger partial charge in [-0.2, -0.15) is 8.78 Å². The van der Waals surface area contributed by atoms with Gasteiger partial charge in [-0.05, 0) is 42.2 Å². The predicted molar refractivity (Wildman–Crippen MR) is 85.5 cm³/mol. The molecule has 0 fully saturated rings. The molecule has 1 amide bonds. The molecular formula is C18H19F2NO2. The first-order valence-corrected chi connectivity index (χ1v) is 7.35. The molecule has 0 bridgehead atoms. The van der Waals surface area contributed by atoms with Gasteiger partial charge in [0.2, 0.25) is 5.91 Å². The van der Waals surface area contributed by atoms with E-state index in [9.17, 15) is 13.6 Å². The first-order chi connectivity index (χ1) is 10.9. The number of hydrogen-bond donors (Lipinski definition) is 1. The molecule has 0 spiro atoms. The Morgan fingerprint density at radius 2 is 1.83 bits per heavy atom. The molecule has 0 aliphatic carbocycles. The lowest BCUT2D eigenvalue weighted by Crippen LogP contribution is -2.31. The summed E-state index contributed by atoms with van der Waals surface area (Å²) in [6, 6.07) is 14.4. The molecule has 0 saturated heterocycles. The van der Waals surface area contributed by atoms with Crippen LogP contribution in [0.4, 0.5) is 8.78 Å². The van der Waals surface area contributed by atoms with Gasteiger partial charge in [-0.15, -0.1) is 0 Å². The van der Waals surface area contributed by atoms with Crippen molar-refractivity contribution in [2.75, 3.05) is 0 Å². The number of halogens is 2. The minimum absolute atomic E-state index is 0.0510. The number of ether oxygens (including phenoxy) is 1. The summed E-state index contributed by atoms with van der Waals surface area (Å²) in [5, 5.41) is 2.84. The normalized spacial score (nSPS) is 12.0. The average molecular weight is 319 g/mol. The molecule has 0 heterocycles. The SMILES string of the molecule is CC(=O)NC(C)Cc1ccc(-c2cccc(OC(F)F)c2)cc1. The van der Waals surface area contributed by atoms with Crippen LogP contribution < -0.4 is 10.1 Å². The van der Waals surface area contributed by atoms with E-state index in [-0.39, 0.29) is 17.7 Å². The monoisotopic (exact) mass is 319 g/mol. The van der Waals surface area contributed by atoms with Crippen LogP contribution in [0.25, 0.3) is 11.1 Å². The van der Waals surface area contributed by atoms with Crippen molar-refractivity contribution in [2.45, 2.75) is 32.9 Å². The van der Waals surface area contributed by atoms with Crippen LogP contribution in [0, 0.1) is 0 Å². The van der Waals surface area contributed by atoms with Crippen molar-refractivity contribution in [1.82, 2.24) is 5.32 Å². The van der Waals surface area contributed by atoms with Gasteiger partial charge in [-0.25, -0.2) is 0 Å². The van der Waals surface area contributed by atoms with Crippen LogP contribution in [-0.4, -0.2) is 18.6 Å². The minimum Gasteiger partial charge on any atom is -0.435 e. The maximum atomic E-state index is 12.3. The van der Waals surface area contributed by atoms with Gasteiger partial charge in [0.05, 0.1) is 0 Å². The van der Waals surface area contributed by atoms with Gasteiger partial charge in [-0.1, -0.05) is 36.4 Å². The van der Waals surface area contributed by atoms with Gasteiger partial charge < -0.3 is 10.1 Å². The molecule has 23 heavy (non-hydrogen) atoms. The van der Waals surface area contributed by atoms with Crippen molar-refractivity contribution in [3.63, 3.8) is 0 Å². The van der Waals surface area contributed by atoms with Gasteiger partial charge in [0.25, 0.3) is 0 Å². The predicted octanol–water partition coefficient (Wildman–Crippen LogP) is 4.02. The fraction of sp³-hybridized carbons (Fsp3) is 0.278. The summed E-state index contributed by atoms with van der Waals surface area (Å²) < 4.78 is 29.0. The van der Waals surface area contributed by atoms with Crippen LogP contribution in [0.3, 0.4) is 0 Å². The minimum atomic E-state index is -2.83. The van der Waals surface area contributed by atoms with Gasteiger partial charge in [-0.3, -0.25) is 4.79 Å². The topological polar surface area (TPSA) is 38.3 Å². The lowest BCUT2D eigenvalue weighted by atomic mass is 10.0. The second-order valence-corrected chi connectivity index (χ2v) is 5.41. The summed E-state index contributed by atoms with van der Waals surface area (Å²) >= 11 is 0. The molecule has 3 nitrogen and oxygen atoms in total. The van der Waals surface area contributed by atoms with Gasteiger partial charge >= 0.3 is 6.61 Å². The molecule has 2 aromatic rings. The molecule has 122 valence electrons. The quantitative estimate of drug-likeness (QED) is 0.873. The smallest absolute Gasteiger partial charge is 0.387 e. The van der Waals surface area contributed by atoms with E-state index in [0.29, 0.717) is 0 Å². The first kappa shape index (κ1) is 16.9. The maximum Gasteiger partial charge on any atom is 0.387 e. The number of benzene rings is 2. The number of alkyl halides is 2. The number of nitrogens with one attached hydrogen (secondary N) is 1. The number of carbonyl (C=O) groups excluding carboxylic acids is 1. The Morgan fingerprint density at radius 3 is 2.43 bits per heavy atom. The summed E-state index contributed by atoms with van der Waals surface area (Å²) in [6.07, 6.45) is 0.731. The summed E-state index contributed by atoms with van der Waals surface area (Å²) in [4.78, 5) is 11.0. The van der Waals surface area contributed by atoms with Gasteiger partial charge in [0.1, 0.15) is 5.75 Å². The zero-order valence-electron chi connectivity index (χ0n) is 13.1. The standard InChI is InChI=1S/C18H19F2NO2/c1-12(21-13(2)22)10-14-6-8-15(9-7-14)16-4-3-5-17(11-16)23-18(19)20/h3-9,11-12,18H,10H2,1-2H3,(H,21,22). The van der Waals surface area contributed by atoms with Crippen molar-refractivity contribution in [3.05, 3.63) is 54.1 Å². The number of amides is 1. The highest BCUT2D eigenvalue weighted by atomic mass is 19.3. The second kappa shape index (κ2) is 7.72. The third kappa shape index (κ3) is 5.36. The molecule has 2 rings (SSSR count). The zero-order valence-corrected chi connectivity index (χ0v) is 13.1. The number of rotatable bonds is 6. The van der Waals surface area contributed by atoms with Crippen molar-refractivity contribution < 1.29 is 18.3 Å². The summed E-state index contributed by atoms with van der Waals surface area (Å²) in [5.41, 5.74) is 2.82. The number of hydrogen-bond acceptors (Lipinski definition) is 2. The van der Waals surface area contributed by atoms with E-state index in [0.717, 1.165) is 23.1 Å². The molecule has 1 atom stereocenters. The maximum absolute atomic E-state index is 12.3. The molecule has 0 saturated carbocycles. The van der Waals surface area contributed by atoms with E-state index >= 15 is 0 Å². The molecule has 0 aliphatic heterocycles. The molecule has 0 aromatic heterocycles. The van der Waals surface area contributed by atoms with Crippen LogP contribution >= 0.6 is 0 Å². The van der Waals surface area contributed by atoms with Crippen molar-refractivity contribution in [2.24, 2.45) is 0 Å². The molecule has 5 heteroatoms. The lowest BCUT2D eigenvalue weighted by Gasteiger charge is -2.13. The van der Waals surface area contributed by atoms with Gasteiger partial charge in [0, 0.05) is 13.0 Å². The first-order valence-electron chi connectivity index (χ1n) is 7.35. The van der Waals surface area contributed by atoms with E-state index < -0.39 is 6.61 Å². The van der Waals surface area contributed by atoms with Crippen LogP contribution in [0.2, 0.25) is 0 Å². The molecular weight excluding hydrogens is 300 g/mol. The largest absolute Gasteiger partial charge is 0.435 e. The van der Waals surface area contributed by atoms with Crippen LogP contribution in [-0.2, 0) is 11.2 Å². The Bertz CT molecular complexity index is 656. The Hall–Kier alpha value is -2.43. The third-order valence-electron chi connectivity index (χ3n) is 3.34. The van der Waals surface area contributed by atoms with Crippen molar-refractivity contribution in [1.29, 1.82) is 0 Å². The van der Waals surface area contributed by atoms with Crippen molar-refractivity contribution >= 4 is 5.91 Å². The molecule has 0 aliphatic rings. The van der Waals surface area contributed by atoms with Crippen molar-refractivity contribution in [3.8, 4) is 16.9 Å². The van der Waals surface area contributed by atoms with Gasteiger partial charge in [0.15, 0.2) is 0 Å². The van der Waals surface area contributed by atoms with Crippen LogP contribution in [0.5, 0.6) is 5.75 Å². The van der Waals surface area contributed by atoms with E-state index in [2.05, 4.69) is 10.1 Å². The Morgan fingerprint density at radius 1 is 1.13 bits per heavy atom. The lowest BCUT2D eigenvalue weighted by molar-refractivity contribution is -0.119. The Balaban J connectivity index is 2.08. The molecule has 1 unspecified atom stereocenters. The Labute approximate surface area is 134 Å². The Kier molecular flexibility index (Phi) is 5.68. The van der Waals surface area contributed by atoms with E-state index in [1.807, 2.05) is 37.3 Å². The fourth-order valence-electron chi connectivity index (χ4n) is 2.44. The highest BCUT2D eigenvalue weighted by Crippen LogP contribution is 2.25. The van der Waals surface area contributed by atoms with E-state index in [4.69, 9.17) is 0 Å². The number of carbonyl (C=O) groups is 1. The highest BCUT2D eigenvalue weighted by Gasteiger charge is 2.07. The van der Waals surface area contributed by atoms with Crippen LogP contribution in [0.1, 0.15) is 19.4 Å². The summed E-state index contributed by atoms with van der Waals surface area (Å²) in [6.45, 7) is 0.608. The average Bonchev–Trinajstić information content (AvgIpc) is 2.46.